The summed E-state index contributed by atoms with van der Waals surface area (Å²) in [7, 11) is 1.75. The van der Waals surface area contributed by atoms with Gasteiger partial charge in [-0.2, -0.15) is 0 Å². The summed E-state index contributed by atoms with van der Waals surface area (Å²) in [6, 6.07) is 0. The van der Waals surface area contributed by atoms with E-state index in [0.717, 1.165) is 24.0 Å². The quantitative estimate of drug-likeness (QED) is 0.770. The van der Waals surface area contributed by atoms with Gasteiger partial charge in [0.15, 0.2) is 5.76 Å². The Morgan fingerprint density at radius 3 is 2.84 bits per heavy atom. The van der Waals surface area contributed by atoms with Gasteiger partial charge >= 0.3 is 0 Å². The van der Waals surface area contributed by atoms with Crippen LogP contribution < -0.4 is 0 Å². The van der Waals surface area contributed by atoms with Crippen molar-refractivity contribution >= 4 is 5.78 Å². The Morgan fingerprint density at radius 1 is 1.42 bits per heavy atom. The van der Waals surface area contributed by atoms with Crippen molar-refractivity contribution in [1.82, 2.24) is 0 Å². The average molecular weight is 262 g/mol. The van der Waals surface area contributed by atoms with E-state index in [0.29, 0.717) is 11.7 Å². The number of Topliss-reactive ketones (excluding diaryl/α,β-unsaturated/α-hetero) is 1. The van der Waals surface area contributed by atoms with Crippen LogP contribution in [0, 0.1) is 24.2 Å². The highest BCUT2D eigenvalue weighted by Crippen LogP contribution is 2.59. The van der Waals surface area contributed by atoms with Crippen LogP contribution in [0.2, 0.25) is 0 Å². The first kappa shape index (κ1) is 12.9. The molecule has 3 heteroatoms. The summed E-state index contributed by atoms with van der Waals surface area (Å²) in [5, 5.41) is 0. The van der Waals surface area contributed by atoms with E-state index >= 15 is 0 Å². The maximum absolute atomic E-state index is 12.7. The zero-order valence-electron chi connectivity index (χ0n) is 12.2. The van der Waals surface area contributed by atoms with E-state index in [1.807, 2.05) is 6.92 Å². The highest BCUT2D eigenvalue weighted by molar-refractivity contribution is 5.99. The second kappa shape index (κ2) is 4.20. The number of carbonyl (C=O) groups is 1. The van der Waals surface area contributed by atoms with E-state index in [1.54, 1.807) is 13.4 Å². The van der Waals surface area contributed by atoms with Gasteiger partial charge in [0.1, 0.15) is 0 Å². The standard InChI is InChI=1S/C16H22O3/c1-9-8-19-14-12(9)15(18-4)16(3)10(2)6-5-7-11(16)13(14)17/h8,10-11,15H,5-7H2,1-4H3. The Balaban J connectivity index is 2.21. The largest absolute Gasteiger partial charge is 0.461 e. The molecule has 4 atom stereocenters. The van der Waals surface area contributed by atoms with E-state index in [-0.39, 0.29) is 23.2 Å². The SMILES string of the molecule is COC1c2c(C)coc2C(=O)C2CCCC(C)C21C. The molecule has 1 aromatic heterocycles. The van der Waals surface area contributed by atoms with Crippen molar-refractivity contribution in [2.45, 2.75) is 46.1 Å². The van der Waals surface area contributed by atoms with Crippen molar-refractivity contribution in [3.8, 4) is 0 Å². The van der Waals surface area contributed by atoms with Crippen molar-refractivity contribution < 1.29 is 13.9 Å². The maximum Gasteiger partial charge on any atom is 0.202 e. The molecule has 0 N–H and O–H groups in total. The predicted octanol–water partition coefficient (Wildman–Crippen LogP) is 3.91. The second-order valence-corrected chi connectivity index (χ2v) is 6.39. The van der Waals surface area contributed by atoms with Crippen LogP contribution in [0.1, 0.15) is 60.9 Å². The minimum absolute atomic E-state index is 0.0285. The summed E-state index contributed by atoms with van der Waals surface area (Å²) in [6.07, 6.45) is 4.92. The lowest BCUT2D eigenvalue weighted by atomic mass is 9.54. The lowest BCUT2D eigenvalue weighted by Crippen LogP contribution is -2.49. The number of aryl methyl sites for hydroxylation is 1. The molecule has 0 bridgehead atoms. The molecule has 1 fully saturated rings. The molecule has 0 spiro atoms. The first-order valence-corrected chi connectivity index (χ1v) is 7.16. The van der Waals surface area contributed by atoms with Crippen LogP contribution in [0.3, 0.4) is 0 Å². The Kier molecular flexibility index (Phi) is 2.86. The van der Waals surface area contributed by atoms with Crippen molar-refractivity contribution in [2.24, 2.45) is 17.3 Å². The van der Waals surface area contributed by atoms with Gasteiger partial charge < -0.3 is 9.15 Å². The summed E-state index contributed by atoms with van der Waals surface area (Å²) < 4.78 is 11.4. The summed E-state index contributed by atoms with van der Waals surface area (Å²) in [4.78, 5) is 12.7. The van der Waals surface area contributed by atoms with Gasteiger partial charge in [0.2, 0.25) is 5.78 Å². The highest BCUT2D eigenvalue weighted by atomic mass is 16.5. The van der Waals surface area contributed by atoms with Crippen LogP contribution in [0.5, 0.6) is 0 Å². The van der Waals surface area contributed by atoms with Crippen molar-refractivity contribution in [3.05, 3.63) is 23.2 Å². The third kappa shape index (κ3) is 1.51. The van der Waals surface area contributed by atoms with Crippen LogP contribution >= 0.6 is 0 Å². The van der Waals surface area contributed by atoms with E-state index in [2.05, 4.69) is 13.8 Å². The molecule has 0 aliphatic heterocycles. The van der Waals surface area contributed by atoms with Crippen LogP contribution in [-0.4, -0.2) is 12.9 Å². The highest BCUT2D eigenvalue weighted by Gasteiger charge is 2.56. The zero-order valence-corrected chi connectivity index (χ0v) is 12.2. The zero-order chi connectivity index (χ0) is 13.8. The molecule has 3 nitrogen and oxygen atoms in total. The lowest BCUT2D eigenvalue weighted by molar-refractivity contribution is -0.0895. The number of ketones is 1. The number of rotatable bonds is 1. The van der Waals surface area contributed by atoms with Crippen LogP contribution in [0.4, 0.5) is 0 Å². The third-order valence-electron chi connectivity index (χ3n) is 5.57. The molecule has 0 aromatic carbocycles. The first-order valence-electron chi connectivity index (χ1n) is 7.16. The molecule has 1 heterocycles. The van der Waals surface area contributed by atoms with Crippen molar-refractivity contribution in [1.29, 1.82) is 0 Å². The number of hydrogen-bond donors (Lipinski definition) is 0. The van der Waals surface area contributed by atoms with Gasteiger partial charge in [-0.15, -0.1) is 0 Å². The lowest BCUT2D eigenvalue weighted by Gasteiger charge is -2.51. The van der Waals surface area contributed by atoms with Gasteiger partial charge in [-0.3, -0.25) is 4.79 Å². The normalized spacial score (nSPS) is 37.9. The molecule has 3 rings (SSSR count). The minimum Gasteiger partial charge on any atom is -0.461 e. The van der Waals surface area contributed by atoms with Gasteiger partial charge in [0.25, 0.3) is 0 Å². The molecule has 0 radical (unpaired) electrons. The third-order valence-corrected chi connectivity index (χ3v) is 5.57. The van der Waals surface area contributed by atoms with Crippen LogP contribution in [0.15, 0.2) is 10.7 Å². The molecule has 2 aliphatic rings. The number of ether oxygens (including phenoxy) is 1. The van der Waals surface area contributed by atoms with Crippen LogP contribution in [-0.2, 0) is 4.74 Å². The summed E-state index contributed by atoms with van der Waals surface area (Å²) in [6.45, 7) is 6.48. The number of fused-ring (bicyclic) bond motifs is 2. The number of carbonyl (C=O) groups excluding carboxylic acids is 1. The Morgan fingerprint density at radius 2 is 2.16 bits per heavy atom. The molecule has 0 amide bonds. The fourth-order valence-corrected chi connectivity index (χ4v) is 4.26. The molecule has 2 aliphatic carbocycles. The van der Waals surface area contributed by atoms with Gasteiger partial charge in [-0.05, 0) is 24.8 Å². The fourth-order valence-electron chi connectivity index (χ4n) is 4.26. The second-order valence-electron chi connectivity index (χ2n) is 6.39. The van der Waals surface area contributed by atoms with E-state index in [4.69, 9.17) is 9.15 Å². The van der Waals surface area contributed by atoms with Gasteiger partial charge in [-0.25, -0.2) is 0 Å². The minimum atomic E-state index is -0.105. The number of furan rings is 1. The topological polar surface area (TPSA) is 39.4 Å². The molecule has 0 saturated heterocycles. The van der Waals surface area contributed by atoms with Gasteiger partial charge in [-0.1, -0.05) is 26.7 Å². The summed E-state index contributed by atoms with van der Waals surface area (Å²) in [5.41, 5.74) is 1.92. The fraction of sp³-hybridized carbons (Fsp3) is 0.688. The van der Waals surface area contributed by atoms with E-state index in [9.17, 15) is 4.79 Å². The molecular formula is C16H22O3. The predicted molar refractivity (Wildman–Crippen MR) is 72.1 cm³/mol. The van der Waals surface area contributed by atoms with E-state index < -0.39 is 0 Å². The molecule has 1 aromatic rings. The average Bonchev–Trinajstić information content (AvgIpc) is 2.75. The molecule has 104 valence electrons. The summed E-state index contributed by atoms with van der Waals surface area (Å²) in [5.74, 6) is 1.26. The maximum atomic E-state index is 12.7. The Labute approximate surface area is 114 Å². The summed E-state index contributed by atoms with van der Waals surface area (Å²) >= 11 is 0. The van der Waals surface area contributed by atoms with Gasteiger partial charge in [0.05, 0.1) is 12.4 Å². The van der Waals surface area contributed by atoms with Gasteiger partial charge in [0, 0.05) is 24.0 Å². The smallest absolute Gasteiger partial charge is 0.202 e. The van der Waals surface area contributed by atoms with Crippen LogP contribution in [0.25, 0.3) is 0 Å². The number of methoxy groups -OCH3 is 1. The van der Waals surface area contributed by atoms with E-state index in [1.165, 1.54) is 6.42 Å². The Bertz CT molecular complexity index is 516. The van der Waals surface area contributed by atoms with Crippen molar-refractivity contribution in [3.63, 3.8) is 0 Å². The first-order chi connectivity index (χ1) is 9.01. The molecule has 4 unspecified atom stereocenters. The van der Waals surface area contributed by atoms with Crippen molar-refractivity contribution in [2.75, 3.05) is 7.11 Å². The molecule has 1 saturated carbocycles. The monoisotopic (exact) mass is 262 g/mol. The molecular weight excluding hydrogens is 240 g/mol. The molecule has 19 heavy (non-hydrogen) atoms. The Hall–Kier alpha value is -1.09. The number of hydrogen-bond acceptors (Lipinski definition) is 3.